The van der Waals surface area contributed by atoms with Gasteiger partial charge in [0.2, 0.25) is 5.91 Å². The Labute approximate surface area is 201 Å². The smallest absolute Gasteiger partial charge is 0.222 e. The standard InChI is InChI=1S/C26H36ClN3O3/c27-20-5-8-23-24(16-20)33-29-26(23)19-10-13-30(14-11-19)12-9-18-3-6-21(7-4-18)28-25(31)17-22-2-1-15-32-22/h5,8,16,18-19,21-22H,1-4,6-7,9-15,17H2,(H,28,31)/t18?,21?,22-/m1/s1. The number of nitrogens with zero attached hydrogens (tertiary/aromatic N) is 2. The van der Waals surface area contributed by atoms with E-state index in [0.717, 1.165) is 80.8 Å². The van der Waals surface area contributed by atoms with Crippen molar-refractivity contribution < 1.29 is 14.1 Å². The third kappa shape index (κ3) is 5.90. The summed E-state index contributed by atoms with van der Waals surface area (Å²) in [6.07, 6.45) is 11.0. The van der Waals surface area contributed by atoms with Gasteiger partial charge < -0.3 is 19.5 Å². The van der Waals surface area contributed by atoms with Gasteiger partial charge in [-0.15, -0.1) is 0 Å². The minimum absolute atomic E-state index is 0.145. The second kappa shape index (κ2) is 10.7. The number of hydrogen-bond donors (Lipinski definition) is 1. The first-order valence-electron chi connectivity index (χ1n) is 12.8. The number of halogens is 1. The lowest BCUT2D eigenvalue weighted by Gasteiger charge is -2.34. The third-order valence-corrected chi connectivity index (χ3v) is 8.17. The van der Waals surface area contributed by atoms with Crippen LogP contribution >= 0.6 is 11.6 Å². The van der Waals surface area contributed by atoms with E-state index in [1.807, 2.05) is 18.2 Å². The van der Waals surface area contributed by atoms with Crippen molar-refractivity contribution in [2.24, 2.45) is 5.92 Å². The van der Waals surface area contributed by atoms with Crippen LogP contribution in [0, 0.1) is 5.92 Å². The SMILES string of the molecule is O=C(C[C@H]1CCCO1)NC1CCC(CCN2CCC(c3noc4cc(Cl)ccc34)CC2)CC1. The summed E-state index contributed by atoms with van der Waals surface area (Å²) in [5.41, 5.74) is 1.89. The van der Waals surface area contributed by atoms with Crippen LogP contribution in [-0.2, 0) is 9.53 Å². The molecular weight excluding hydrogens is 438 g/mol. The molecule has 2 saturated heterocycles. The maximum absolute atomic E-state index is 12.3. The third-order valence-electron chi connectivity index (χ3n) is 7.94. The number of amides is 1. The quantitative estimate of drug-likeness (QED) is 0.591. The molecule has 180 valence electrons. The number of benzene rings is 1. The molecule has 5 rings (SSSR count). The number of ether oxygens (including phenoxy) is 1. The molecule has 1 amide bonds. The molecule has 2 aliphatic heterocycles. The summed E-state index contributed by atoms with van der Waals surface area (Å²) >= 11 is 6.08. The van der Waals surface area contributed by atoms with Crippen LogP contribution in [0.4, 0.5) is 0 Å². The molecule has 0 bridgehead atoms. The van der Waals surface area contributed by atoms with Gasteiger partial charge in [-0.25, -0.2) is 0 Å². The molecule has 1 saturated carbocycles. The second-order valence-electron chi connectivity index (χ2n) is 10.2. The van der Waals surface area contributed by atoms with Gasteiger partial charge in [0.15, 0.2) is 5.58 Å². The number of rotatable bonds is 7. The molecule has 3 aliphatic rings. The van der Waals surface area contributed by atoms with Gasteiger partial charge in [0, 0.05) is 35.0 Å². The van der Waals surface area contributed by atoms with Crippen molar-refractivity contribution in [2.75, 3.05) is 26.2 Å². The number of likely N-dealkylation sites (tertiary alicyclic amines) is 1. The Balaban J connectivity index is 1.00. The Morgan fingerprint density at radius 3 is 2.70 bits per heavy atom. The second-order valence-corrected chi connectivity index (χ2v) is 10.7. The van der Waals surface area contributed by atoms with Crippen molar-refractivity contribution >= 4 is 28.5 Å². The summed E-state index contributed by atoms with van der Waals surface area (Å²) in [5.74, 6) is 1.44. The molecule has 6 nitrogen and oxygen atoms in total. The van der Waals surface area contributed by atoms with Gasteiger partial charge in [-0.3, -0.25) is 4.79 Å². The van der Waals surface area contributed by atoms with E-state index >= 15 is 0 Å². The highest BCUT2D eigenvalue weighted by Crippen LogP contribution is 2.34. The molecule has 3 fully saturated rings. The van der Waals surface area contributed by atoms with E-state index < -0.39 is 0 Å². The number of aromatic nitrogens is 1. The van der Waals surface area contributed by atoms with E-state index in [1.165, 1.54) is 25.8 Å². The summed E-state index contributed by atoms with van der Waals surface area (Å²) in [6.45, 7) is 4.25. The van der Waals surface area contributed by atoms with E-state index in [1.54, 1.807) is 0 Å². The van der Waals surface area contributed by atoms with Crippen LogP contribution in [0.15, 0.2) is 22.7 Å². The molecule has 1 N–H and O–H groups in total. The number of piperidine rings is 1. The first-order valence-corrected chi connectivity index (χ1v) is 13.2. The molecule has 33 heavy (non-hydrogen) atoms. The first kappa shape index (κ1) is 23.1. The average molecular weight is 474 g/mol. The molecule has 0 spiro atoms. The molecule has 1 aliphatic carbocycles. The molecule has 0 radical (unpaired) electrons. The minimum Gasteiger partial charge on any atom is -0.378 e. The molecular formula is C26H36ClN3O3. The first-order chi connectivity index (χ1) is 16.1. The van der Waals surface area contributed by atoms with Crippen molar-refractivity contribution in [3.05, 3.63) is 28.9 Å². The van der Waals surface area contributed by atoms with Crippen LogP contribution in [0.1, 0.15) is 75.8 Å². The van der Waals surface area contributed by atoms with E-state index in [2.05, 4.69) is 15.4 Å². The molecule has 2 aromatic rings. The monoisotopic (exact) mass is 473 g/mol. The molecule has 1 atom stereocenters. The topological polar surface area (TPSA) is 67.6 Å². The minimum atomic E-state index is 0.145. The van der Waals surface area contributed by atoms with Gasteiger partial charge in [-0.1, -0.05) is 16.8 Å². The summed E-state index contributed by atoms with van der Waals surface area (Å²) in [6, 6.07) is 6.17. The van der Waals surface area contributed by atoms with Gasteiger partial charge in [0.05, 0.1) is 18.2 Å². The lowest BCUT2D eigenvalue weighted by Crippen LogP contribution is -2.39. The van der Waals surface area contributed by atoms with Crippen LogP contribution in [0.2, 0.25) is 5.02 Å². The lowest BCUT2D eigenvalue weighted by atomic mass is 9.83. The normalized spacial score (nSPS) is 27.2. The predicted octanol–water partition coefficient (Wildman–Crippen LogP) is 5.29. The summed E-state index contributed by atoms with van der Waals surface area (Å²) in [4.78, 5) is 14.9. The zero-order chi connectivity index (χ0) is 22.6. The van der Waals surface area contributed by atoms with Crippen LogP contribution in [0.25, 0.3) is 11.0 Å². The van der Waals surface area contributed by atoms with E-state index in [0.29, 0.717) is 23.4 Å². The Morgan fingerprint density at radius 1 is 1.12 bits per heavy atom. The summed E-state index contributed by atoms with van der Waals surface area (Å²) in [5, 5.41) is 9.43. The fraction of sp³-hybridized carbons (Fsp3) is 0.692. The fourth-order valence-corrected chi connectivity index (χ4v) is 6.08. The number of carbonyl (C=O) groups excluding carboxylic acids is 1. The zero-order valence-electron chi connectivity index (χ0n) is 19.4. The van der Waals surface area contributed by atoms with E-state index in [-0.39, 0.29) is 12.0 Å². The Hall–Kier alpha value is -1.63. The molecule has 7 heteroatoms. The molecule has 3 heterocycles. The highest BCUT2D eigenvalue weighted by molar-refractivity contribution is 6.31. The van der Waals surface area contributed by atoms with Crippen molar-refractivity contribution in [1.29, 1.82) is 0 Å². The van der Waals surface area contributed by atoms with Gasteiger partial charge in [-0.2, -0.15) is 0 Å². The van der Waals surface area contributed by atoms with Crippen LogP contribution in [-0.4, -0.2) is 54.4 Å². The highest BCUT2D eigenvalue weighted by atomic mass is 35.5. The predicted molar refractivity (Wildman–Crippen MR) is 130 cm³/mol. The number of fused-ring (bicyclic) bond motifs is 1. The number of hydrogen-bond acceptors (Lipinski definition) is 5. The van der Waals surface area contributed by atoms with Gasteiger partial charge >= 0.3 is 0 Å². The number of nitrogens with one attached hydrogen (secondary N) is 1. The van der Waals surface area contributed by atoms with Gasteiger partial charge in [0.25, 0.3) is 0 Å². The average Bonchev–Trinajstić information content (AvgIpc) is 3.48. The Morgan fingerprint density at radius 2 is 1.94 bits per heavy atom. The largest absolute Gasteiger partial charge is 0.378 e. The van der Waals surface area contributed by atoms with E-state index in [9.17, 15) is 4.79 Å². The molecule has 1 aromatic carbocycles. The van der Waals surface area contributed by atoms with Crippen molar-refractivity contribution in [3.63, 3.8) is 0 Å². The Bertz CT molecular complexity index is 926. The van der Waals surface area contributed by atoms with Crippen LogP contribution in [0.3, 0.4) is 0 Å². The maximum Gasteiger partial charge on any atom is 0.222 e. The summed E-state index contributed by atoms with van der Waals surface area (Å²) < 4.78 is 11.1. The molecule has 1 aromatic heterocycles. The van der Waals surface area contributed by atoms with Crippen LogP contribution < -0.4 is 5.32 Å². The lowest BCUT2D eigenvalue weighted by molar-refractivity contribution is -0.124. The highest BCUT2D eigenvalue weighted by Gasteiger charge is 2.27. The Kier molecular flexibility index (Phi) is 7.53. The molecule has 0 unspecified atom stereocenters. The van der Waals surface area contributed by atoms with Gasteiger partial charge in [-0.05, 0) is 95.5 Å². The van der Waals surface area contributed by atoms with Crippen molar-refractivity contribution in [2.45, 2.75) is 82.3 Å². The number of carbonyl (C=O) groups is 1. The van der Waals surface area contributed by atoms with Crippen molar-refractivity contribution in [1.82, 2.24) is 15.4 Å². The summed E-state index contributed by atoms with van der Waals surface area (Å²) in [7, 11) is 0. The van der Waals surface area contributed by atoms with Crippen LogP contribution in [0.5, 0.6) is 0 Å². The zero-order valence-corrected chi connectivity index (χ0v) is 20.2. The fourth-order valence-electron chi connectivity index (χ4n) is 5.91. The van der Waals surface area contributed by atoms with E-state index in [4.69, 9.17) is 20.9 Å². The van der Waals surface area contributed by atoms with Crippen molar-refractivity contribution in [3.8, 4) is 0 Å². The maximum atomic E-state index is 12.3. The van der Waals surface area contributed by atoms with Gasteiger partial charge in [0.1, 0.15) is 0 Å².